The highest BCUT2D eigenvalue weighted by molar-refractivity contribution is 5.27. The van der Waals surface area contributed by atoms with Crippen molar-refractivity contribution in [2.75, 3.05) is 0 Å². The summed E-state index contributed by atoms with van der Waals surface area (Å²) in [5.41, 5.74) is 2.84. The summed E-state index contributed by atoms with van der Waals surface area (Å²) < 4.78 is 0. The summed E-state index contributed by atoms with van der Waals surface area (Å²) in [5.74, 6) is 3.58. The first-order valence-corrected chi connectivity index (χ1v) is 7.01. The van der Waals surface area contributed by atoms with E-state index in [2.05, 4.69) is 49.4 Å². The average molecular weight is 241 g/mol. The fourth-order valence-corrected chi connectivity index (χ4v) is 2.74. The lowest BCUT2D eigenvalue weighted by Crippen LogP contribution is -2.45. The van der Waals surface area contributed by atoms with Gasteiger partial charge in [0.2, 0.25) is 0 Å². The number of benzene rings is 1. The molecule has 0 radical (unpaired) electrons. The third kappa shape index (κ3) is 3.15. The van der Waals surface area contributed by atoms with Gasteiger partial charge in [-0.15, -0.1) is 6.42 Å². The molecule has 1 aliphatic carbocycles. The summed E-state index contributed by atoms with van der Waals surface area (Å²) in [4.78, 5) is 0. The Morgan fingerprint density at radius 1 is 1.44 bits per heavy atom. The van der Waals surface area contributed by atoms with Gasteiger partial charge in [0.05, 0.1) is 6.04 Å². The highest BCUT2D eigenvalue weighted by atomic mass is 15.0. The highest BCUT2D eigenvalue weighted by Crippen LogP contribution is 2.37. The Hall–Kier alpha value is -1.26. The molecule has 1 aromatic rings. The van der Waals surface area contributed by atoms with E-state index in [9.17, 15) is 0 Å². The van der Waals surface area contributed by atoms with Crippen LogP contribution in [0.4, 0.5) is 0 Å². The Bertz CT molecular complexity index is 423. The van der Waals surface area contributed by atoms with Gasteiger partial charge in [-0.3, -0.25) is 0 Å². The molecule has 1 saturated carbocycles. The molecule has 1 fully saturated rings. The van der Waals surface area contributed by atoms with Crippen LogP contribution in [-0.2, 0) is 0 Å². The predicted octanol–water partition coefficient (Wildman–Crippen LogP) is 3.63. The number of terminal acetylenes is 1. The zero-order chi connectivity index (χ0) is 13.0. The summed E-state index contributed by atoms with van der Waals surface area (Å²) in [6.45, 7) is 4.34. The molecule has 0 saturated heterocycles. The SMILES string of the molecule is C#CC(CCC)NC1CC(c2cccc(C)c2)C1. The quantitative estimate of drug-likeness (QED) is 0.776. The summed E-state index contributed by atoms with van der Waals surface area (Å²) in [6.07, 6.45) is 10.2. The van der Waals surface area contributed by atoms with E-state index in [-0.39, 0.29) is 6.04 Å². The van der Waals surface area contributed by atoms with Crippen molar-refractivity contribution in [2.24, 2.45) is 0 Å². The van der Waals surface area contributed by atoms with Crippen molar-refractivity contribution in [1.82, 2.24) is 5.32 Å². The average Bonchev–Trinajstić information content (AvgIpc) is 2.31. The molecule has 0 aliphatic heterocycles. The van der Waals surface area contributed by atoms with Crippen LogP contribution in [0.2, 0.25) is 0 Å². The lowest BCUT2D eigenvalue weighted by atomic mass is 9.75. The number of hydrogen-bond donors (Lipinski definition) is 1. The number of nitrogens with one attached hydrogen (secondary N) is 1. The van der Waals surface area contributed by atoms with E-state index in [1.54, 1.807) is 0 Å². The Labute approximate surface area is 111 Å². The minimum absolute atomic E-state index is 0.262. The van der Waals surface area contributed by atoms with Crippen molar-refractivity contribution in [2.45, 2.75) is 57.5 Å². The fraction of sp³-hybridized carbons (Fsp3) is 0.529. The molecule has 0 aromatic heterocycles. The maximum Gasteiger partial charge on any atom is 0.0688 e. The van der Waals surface area contributed by atoms with Crippen LogP contribution in [0.5, 0.6) is 0 Å². The summed E-state index contributed by atoms with van der Waals surface area (Å²) >= 11 is 0. The molecule has 0 bridgehead atoms. The zero-order valence-electron chi connectivity index (χ0n) is 11.4. The van der Waals surface area contributed by atoms with Crippen LogP contribution in [-0.4, -0.2) is 12.1 Å². The zero-order valence-corrected chi connectivity index (χ0v) is 11.4. The van der Waals surface area contributed by atoms with Gasteiger partial charge in [-0.1, -0.05) is 49.1 Å². The summed E-state index contributed by atoms with van der Waals surface area (Å²) in [6, 6.07) is 9.76. The molecule has 0 spiro atoms. The molecular weight excluding hydrogens is 218 g/mol. The maximum atomic E-state index is 5.54. The van der Waals surface area contributed by atoms with E-state index in [0.29, 0.717) is 6.04 Å². The fourth-order valence-electron chi connectivity index (χ4n) is 2.74. The maximum absolute atomic E-state index is 5.54. The van der Waals surface area contributed by atoms with E-state index in [0.717, 1.165) is 18.8 Å². The topological polar surface area (TPSA) is 12.0 Å². The van der Waals surface area contributed by atoms with Crippen LogP contribution >= 0.6 is 0 Å². The van der Waals surface area contributed by atoms with Crippen LogP contribution in [0.1, 0.15) is 49.7 Å². The second-order valence-corrected chi connectivity index (χ2v) is 5.45. The van der Waals surface area contributed by atoms with Gasteiger partial charge >= 0.3 is 0 Å². The second kappa shape index (κ2) is 6.07. The van der Waals surface area contributed by atoms with E-state index in [4.69, 9.17) is 6.42 Å². The van der Waals surface area contributed by atoms with Crippen LogP contribution < -0.4 is 5.32 Å². The number of rotatable bonds is 5. The summed E-state index contributed by atoms with van der Waals surface area (Å²) in [7, 11) is 0. The molecule has 1 aromatic carbocycles. The van der Waals surface area contributed by atoms with Gasteiger partial charge in [-0.2, -0.15) is 0 Å². The van der Waals surface area contributed by atoms with E-state index >= 15 is 0 Å². The van der Waals surface area contributed by atoms with E-state index in [1.807, 2.05) is 0 Å². The third-order valence-corrected chi connectivity index (χ3v) is 3.87. The first-order chi connectivity index (χ1) is 8.72. The normalized spacial score (nSPS) is 24.1. The molecule has 18 heavy (non-hydrogen) atoms. The van der Waals surface area contributed by atoms with Gasteiger partial charge in [-0.05, 0) is 37.7 Å². The molecular formula is C17H23N. The Kier molecular flexibility index (Phi) is 4.44. The van der Waals surface area contributed by atoms with Crippen LogP contribution in [0.15, 0.2) is 24.3 Å². The highest BCUT2D eigenvalue weighted by Gasteiger charge is 2.31. The van der Waals surface area contributed by atoms with Crippen LogP contribution in [0.25, 0.3) is 0 Å². The molecule has 1 unspecified atom stereocenters. The summed E-state index contributed by atoms with van der Waals surface area (Å²) in [5, 5.41) is 3.58. The third-order valence-electron chi connectivity index (χ3n) is 3.87. The smallest absolute Gasteiger partial charge is 0.0688 e. The standard InChI is InChI=1S/C17H23N/c1-4-7-16(5-2)18-17-11-15(12-17)14-9-6-8-13(3)10-14/h2,6,8-10,15-18H,4,7,11-12H2,1,3H3. The van der Waals surface area contributed by atoms with Crippen LogP contribution in [0.3, 0.4) is 0 Å². The lowest BCUT2D eigenvalue weighted by molar-refractivity contribution is 0.275. The molecule has 1 atom stereocenters. The minimum Gasteiger partial charge on any atom is -0.301 e. The Morgan fingerprint density at radius 3 is 2.83 bits per heavy atom. The molecule has 0 heterocycles. The minimum atomic E-state index is 0.262. The van der Waals surface area contributed by atoms with Crippen molar-refractivity contribution in [3.8, 4) is 12.3 Å². The van der Waals surface area contributed by atoms with Gasteiger partial charge in [0.15, 0.2) is 0 Å². The van der Waals surface area contributed by atoms with Gasteiger partial charge in [0.25, 0.3) is 0 Å². The van der Waals surface area contributed by atoms with E-state index in [1.165, 1.54) is 24.0 Å². The Morgan fingerprint density at radius 2 is 2.22 bits per heavy atom. The number of aryl methyl sites for hydroxylation is 1. The van der Waals surface area contributed by atoms with Crippen molar-refractivity contribution < 1.29 is 0 Å². The molecule has 1 nitrogen and oxygen atoms in total. The monoisotopic (exact) mass is 241 g/mol. The van der Waals surface area contributed by atoms with Crippen molar-refractivity contribution >= 4 is 0 Å². The van der Waals surface area contributed by atoms with E-state index < -0.39 is 0 Å². The molecule has 1 aliphatic rings. The van der Waals surface area contributed by atoms with Gasteiger partial charge in [0, 0.05) is 6.04 Å². The van der Waals surface area contributed by atoms with Gasteiger partial charge in [-0.25, -0.2) is 0 Å². The van der Waals surface area contributed by atoms with Crippen molar-refractivity contribution in [3.05, 3.63) is 35.4 Å². The number of hydrogen-bond acceptors (Lipinski definition) is 1. The molecule has 1 heteroatoms. The Balaban J connectivity index is 1.82. The van der Waals surface area contributed by atoms with Crippen molar-refractivity contribution in [3.63, 3.8) is 0 Å². The molecule has 2 rings (SSSR count). The van der Waals surface area contributed by atoms with Crippen molar-refractivity contribution in [1.29, 1.82) is 0 Å². The lowest BCUT2D eigenvalue weighted by Gasteiger charge is -2.38. The molecule has 96 valence electrons. The largest absolute Gasteiger partial charge is 0.301 e. The molecule has 1 N–H and O–H groups in total. The van der Waals surface area contributed by atoms with Gasteiger partial charge < -0.3 is 5.32 Å². The predicted molar refractivity (Wildman–Crippen MR) is 77.6 cm³/mol. The van der Waals surface area contributed by atoms with Crippen LogP contribution in [0, 0.1) is 19.3 Å². The molecule has 0 amide bonds. The first-order valence-electron chi connectivity index (χ1n) is 7.01. The first kappa shape index (κ1) is 13.2. The van der Waals surface area contributed by atoms with Gasteiger partial charge in [0.1, 0.15) is 0 Å². The second-order valence-electron chi connectivity index (χ2n) is 5.45.